The first-order valence-electron chi connectivity index (χ1n) is 8.36. The van der Waals surface area contributed by atoms with Crippen molar-refractivity contribution in [3.8, 4) is 0 Å². The lowest BCUT2D eigenvalue weighted by atomic mass is 9.76. The van der Waals surface area contributed by atoms with E-state index in [0.717, 1.165) is 51.5 Å². The Morgan fingerprint density at radius 1 is 1.24 bits per heavy atom. The van der Waals surface area contributed by atoms with Gasteiger partial charge in [0, 0.05) is 18.5 Å². The maximum absolute atomic E-state index is 13.1. The van der Waals surface area contributed by atoms with E-state index in [0.29, 0.717) is 18.4 Å². The van der Waals surface area contributed by atoms with E-state index in [1.807, 2.05) is 4.90 Å². The van der Waals surface area contributed by atoms with Crippen molar-refractivity contribution >= 4 is 11.9 Å². The van der Waals surface area contributed by atoms with Gasteiger partial charge in [-0.25, -0.2) is 0 Å². The Morgan fingerprint density at radius 3 is 2.48 bits per heavy atom. The van der Waals surface area contributed by atoms with Crippen LogP contribution >= 0.6 is 0 Å². The average molecular weight is 295 g/mol. The van der Waals surface area contributed by atoms with E-state index >= 15 is 0 Å². The van der Waals surface area contributed by atoms with Gasteiger partial charge in [0.15, 0.2) is 0 Å². The van der Waals surface area contributed by atoms with E-state index in [9.17, 15) is 9.59 Å². The summed E-state index contributed by atoms with van der Waals surface area (Å²) in [6, 6.07) is 0. The summed E-state index contributed by atoms with van der Waals surface area (Å²) in [5.41, 5.74) is -0.161. The number of likely N-dealkylation sites (tertiary alicyclic amines) is 1. The fraction of sp³-hybridized carbons (Fsp3) is 0.882. The molecule has 1 saturated heterocycles. The fourth-order valence-corrected chi connectivity index (χ4v) is 4.19. The molecule has 1 heterocycles. The molecule has 1 amide bonds. The second kappa shape index (κ2) is 6.80. The molecular weight excluding hydrogens is 266 g/mol. The van der Waals surface area contributed by atoms with Crippen molar-refractivity contribution in [3.05, 3.63) is 0 Å². The Labute approximate surface area is 128 Å². The fourth-order valence-electron chi connectivity index (χ4n) is 4.19. The molecule has 1 aliphatic heterocycles. The van der Waals surface area contributed by atoms with Gasteiger partial charge in [-0.1, -0.05) is 26.7 Å². The summed E-state index contributed by atoms with van der Waals surface area (Å²) in [5, 5.41) is 0. The Hall–Kier alpha value is -1.06. The van der Waals surface area contributed by atoms with Crippen molar-refractivity contribution in [1.82, 2.24) is 4.90 Å². The van der Waals surface area contributed by atoms with Crippen LogP contribution in [-0.4, -0.2) is 37.0 Å². The van der Waals surface area contributed by atoms with Crippen LogP contribution in [0.1, 0.15) is 58.8 Å². The van der Waals surface area contributed by atoms with Gasteiger partial charge in [-0.2, -0.15) is 0 Å². The number of piperidine rings is 1. The van der Waals surface area contributed by atoms with Crippen molar-refractivity contribution in [2.24, 2.45) is 17.3 Å². The summed E-state index contributed by atoms with van der Waals surface area (Å²) in [6.45, 7) is 5.74. The van der Waals surface area contributed by atoms with Gasteiger partial charge in [0.25, 0.3) is 0 Å². The summed E-state index contributed by atoms with van der Waals surface area (Å²) in [7, 11) is 1.43. The molecule has 0 spiro atoms. The molecule has 2 aliphatic rings. The van der Waals surface area contributed by atoms with Crippen LogP contribution in [-0.2, 0) is 14.3 Å². The van der Waals surface area contributed by atoms with Crippen LogP contribution < -0.4 is 0 Å². The van der Waals surface area contributed by atoms with Gasteiger partial charge in [0.2, 0.25) is 5.91 Å². The number of carbonyl (C=O) groups is 2. The number of esters is 1. The van der Waals surface area contributed by atoms with Crippen molar-refractivity contribution in [3.63, 3.8) is 0 Å². The van der Waals surface area contributed by atoms with E-state index in [2.05, 4.69) is 13.8 Å². The zero-order chi connectivity index (χ0) is 15.5. The lowest BCUT2D eigenvalue weighted by Gasteiger charge is -2.39. The molecule has 120 valence electrons. The van der Waals surface area contributed by atoms with E-state index < -0.39 is 0 Å². The number of ether oxygens (including phenoxy) is 1. The minimum atomic E-state index is -0.170. The Balaban J connectivity index is 2.08. The number of nitrogens with zero attached hydrogens (tertiary/aromatic N) is 1. The number of hydrogen-bond donors (Lipinski definition) is 0. The smallest absolute Gasteiger partial charge is 0.310 e. The van der Waals surface area contributed by atoms with Gasteiger partial charge in [0.05, 0.1) is 13.0 Å². The second-order valence-corrected chi connectivity index (χ2v) is 7.20. The molecule has 2 fully saturated rings. The van der Waals surface area contributed by atoms with Crippen LogP contribution in [0, 0.1) is 17.3 Å². The van der Waals surface area contributed by atoms with E-state index in [4.69, 9.17) is 4.74 Å². The van der Waals surface area contributed by atoms with E-state index in [-0.39, 0.29) is 17.3 Å². The minimum absolute atomic E-state index is 0.134. The SMILES string of the molecule is COC(=O)C1CCCN(C(=O)C2(CC(C)C)CCCC2)C1. The predicted octanol–water partition coefficient (Wildman–Crippen LogP) is 3.00. The summed E-state index contributed by atoms with van der Waals surface area (Å²) in [4.78, 5) is 26.8. The first-order chi connectivity index (χ1) is 9.98. The number of methoxy groups -OCH3 is 1. The second-order valence-electron chi connectivity index (χ2n) is 7.20. The Kier molecular flexibility index (Phi) is 5.28. The van der Waals surface area contributed by atoms with Crippen LogP contribution in [0.3, 0.4) is 0 Å². The van der Waals surface area contributed by atoms with E-state index in [1.165, 1.54) is 7.11 Å². The van der Waals surface area contributed by atoms with Crippen LogP contribution in [0.15, 0.2) is 0 Å². The van der Waals surface area contributed by atoms with Crippen LogP contribution in [0.4, 0.5) is 0 Å². The van der Waals surface area contributed by atoms with E-state index in [1.54, 1.807) is 0 Å². The predicted molar refractivity (Wildman–Crippen MR) is 81.7 cm³/mol. The first kappa shape index (κ1) is 16.3. The van der Waals surface area contributed by atoms with Crippen LogP contribution in [0.25, 0.3) is 0 Å². The molecule has 21 heavy (non-hydrogen) atoms. The molecule has 4 heteroatoms. The molecule has 1 atom stereocenters. The highest BCUT2D eigenvalue weighted by Gasteiger charge is 2.44. The van der Waals surface area contributed by atoms with Gasteiger partial charge in [0.1, 0.15) is 0 Å². The van der Waals surface area contributed by atoms with Crippen molar-refractivity contribution in [2.45, 2.75) is 58.8 Å². The number of rotatable bonds is 4. The monoisotopic (exact) mass is 295 g/mol. The molecule has 0 radical (unpaired) electrons. The first-order valence-corrected chi connectivity index (χ1v) is 8.36. The molecule has 2 rings (SSSR count). The molecule has 4 nitrogen and oxygen atoms in total. The van der Waals surface area contributed by atoms with Gasteiger partial charge in [-0.05, 0) is 38.0 Å². The number of hydrogen-bond acceptors (Lipinski definition) is 3. The third-order valence-corrected chi connectivity index (χ3v) is 5.06. The molecule has 0 bridgehead atoms. The lowest BCUT2D eigenvalue weighted by molar-refractivity contribution is -0.152. The molecule has 1 aliphatic carbocycles. The third kappa shape index (κ3) is 3.58. The zero-order valence-corrected chi connectivity index (χ0v) is 13.7. The summed E-state index contributed by atoms with van der Waals surface area (Å²) in [5.74, 6) is 0.526. The number of amides is 1. The molecular formula is C17H29NO3. The molecule has 1 saturated carbocycles. The van der Waals surface area contributed by atoms with Gasteiger partial charge >= 0.3 is 5.97 Å². The summed E-state index contributed by atoms with van der Waals surface area (Å²) >= 11 is 0. The molecule has 0 N–H and O–H groups in total. The quantitative estimate of drug-likeness (QED) is 0.749. The standard InChI is InChI=1S/C17H29NO3/c1-13(2)11-17(8-4-5-9-17)16(20)18-10-6-7-14(12-18)15(19)21-3/h13-14H,4-12H2,1-3H3. The van der Waals surface area contributed by atoms with Crippen molar-refractivity contribution in [2.75, 3.05) is 20.2 Å². The van der Waals surface area contributed by atoms with Gasteiger partial charge < -0.3 is 9.64 Å². The molecule has 0 aromatic heterocycles. The minimum Gasteiger partial charge on any atom is -0.469 e. The maximum atomic E-state index is 13.1. The van der Waals surface area contributed by atoms with Crippen molar-refractivity contribution in [1.29, 1.82) is 0 Å². The lowest BCUT2D eigenvalue weighted by Crippen LogP contribution is -2.49. The molecule has 1 unspecified atom stereocenters. The summed E-state index contributed by atoms with van der Waals surface area (Å²) in [6.07, 6.45) is 7.08. The normalized spacial score (nSPS) is 25.1. The highest BCUT2D eigenvalue weighted by molar-refractivity contribution is 5.84. The van der Waals surface area contributed by atoms with Crippen LogP contribution in [0.2, 0.25) is 0 Å². The van der Waals surface area contributed by atoms with Gasteiger partial charge in [-0.15, -0.1) is 0 Å². The van der Waals surface area contributed by atoms with Crippen molar-refractivity contribution < 1.29 is 14.3 Å². The molecule has 0 aromatic carbocycles. The Morgan fingerprint density at radius 2 is 1.90 bits per heavy atom. The topological polar surface area (TPSA) is 46.6 Å². The third-order valence-electron chi connectivity index (χ3n) is 5.06. The zero-order valence-electron chi connectivity index (χ0n) is 13.7. The highest BCUT2D eigenvalue weighted by atomic mass is 16.5. The highest BCUT2D eigenvalue weighted by Crippen LogP contribution is 2.45. The Bertz CT molecular complexity index is 385. The maximum Gasteiger partial charge on any atom is 0.310 e. The summed E-state index contributed by atoms with van der Waals surface area (Å²) < 4.78 is 4.86. The van der Waals surface area contributed by atoms with Gasteiger partial charge in [-0.3, -0.25) is 9.59 Å². The average Bonchev–Trinajstić information content (AvgIpc) is 2.94. The largest absolute Gasteiger partial charge is 0.469 e. The molecule has 0 aromatic rings. The van der Waals surface area contributed by atoms with Crippen LogP contribution in [0.5, 0.6) is 0 Å². The number of carbonyl (C=O) groups excluding carboxylic acids is 2.